The summed E-state index contributed by atoms with van der Waals surface area (Å²) in [5, 5.41) is 3.59. The summed E-state index contributed by atoms with van der Waals surface area (Å²) in [6.07, 6.45) is -1.78. The lowest BCUT2D eigenvalue weighted by atomic mass is 9.98. The molecule has 3 aromatic carbocycles. The van der Waals surface area contributed by atoms with E-state index < -0.39 is 18.5 Å². The maximum atomic E-state index is 8.56. The van der Waals surface area contributed by atoms with E-state index in [4.69, 9.17) is 29.2 Å². The number of rotatable bonds is 14. The van der Waals surface area contributed by atoms with Gasteiger partial charge in [0.15, 0.2) is 6.29 Å². The molecule has 1 aliphatic rings. The van der Waals surface area contributed by atoms with Gasteiger partial charge in [0.25, 0.3) is 0 Å². The van der Waals surface area contributed by atoms with Crippen LogP contribution in [0.4, 0.5) is 0 Å². The predicted octanol–water partition coefficient (Wildman–Crippen LogP) is 6.20. The molecule has 1 heterocycles. The first kappa shape index (κ1) is 27.8. The molecule has 0 aromatic heterocycles. The molecule has 0 saturated carbocycles. The van der Waals surface area contributed by atoms with Crippen molar-refractivity contribution < 1.29 is 23.7 Å². The Bertz CT molecular complexity index is 1110. The van der Waals surface area contributed by atoms with E-state index in [9.17, 15) is 0 Å². The highest BCUT2D eigenvalue weighted by molar-refractivity contribution is 5.15. The smallest absolute Gasteiger partial charge is 0.186 e. The molecule has 1 fully saturated rings. The molecule has 0 N–H and O–H groups in total. The second-order valence-corrected chi connectivity index (χ2v) is 9.17. The summed E-state index contributed by atoms with van der Waals surface area (Å²) >= 11 is 0. The van der Waals surface area contributed by atoms with Crippen LogP contribution in [0.3, 0.4) is 0 Å². The van der Waals surface area contributed by atoms with Gasteiger partial charge in [0, 0.05) is 18.1 Å². The van der Waals surface area contributed by atoms with Gasteiger partial charge in [0.2, 0.25) is 0 Å². The fraction of sp³-hybridized carbons (Fsp3) is 0.400. The molecule has 0 aliphatic carbocycles. The van der Waals surface area contributed by atoms with Crippen LogP contribution in [0.5, 0.6) is 0 Å². The van der Waals surface area contributed by atoms with Crippen molar-refractivity contribution in [3.63, 3.8) is 0 Å². The molecule has 200 valence electrons. The highest BCUT2D eigenvalue weighted by Crippen LogP contribution is 2.31. The minimum atomic E-state index is -0.669. The van der Waals surface area contributed by atoms with Gasteiger partial charge in [-0.2, -0.15) is 0 Å². The number of ether oxygens (including phenoxy) is 5. The number of hydrogen-bond acceptors (Lipinski definition) is 6. The third kappa shape index (κ3) is 8.39. The Kier molecular flexibility index (Phi) is 11.2. The lowest BCUT2D eigenvalue weighted by molar-refractivity contribution is -0.320. The van der Waals surface area contributed by atoms with Crippen LogP contribution >= 0.6 is 0 Å². The molecule has 1 aliphatic heterocycles. The van der Waals surface area contributed by atoms with Gasteiger partial charge < -0.3 is 23.7 Å². The van der Waals surface area contributed by atoms with Gasteiger partial charge in [0.1, 0.15) is 18.3 Å². The van der Waals surface area contributed by atoms with E-state index >= 15 is 0 Å². The molecule has 4 rings (SSSR count). The Morgan fingerprint density at radius 3 is 1.66 bits per heavy atom. The van der Waals surface area contributed by atoms with Gasteiger partial charge in [-0.1, -0.05) is 96.1 Å². The predicted molar refractivity (Wildman–Crippen MR) is 144 cm³/mol. The van der Waals surface area contributed by atoms with Crippen molar-refractivity contribution in [2.45, 2.75) is 63.9 Å². The highest BCUT2D eigenvalue weighted by Gasteiger charge is 2.47. The second-order valence-electron chi connectivity index (χ2n) is 9.17. The van der Waals surface area contributed by atoms with Gasteiger partial charge in [-0.05, 0) is 35.6 Å². The van der Waals surface area contributed by atoms with Crippen molar-refractivity contribution in [1.29, 1.82) is 0 Å². The lowest BCUT2D eigenvalue weighted by Gasteiger charge is -2.45. The van der Waals surface area contributed by atoms with E-state index in [-0.39, 0.29) is 12.2 Å². The Hall–Kier alpha value is -3.23. The fourth-order valence-electron chi connectivity index (χ4n) is 4.38. The standard InChI is InChI=1S/C30H35N3O5/c1-23-27(35-20-24-12-5-2-6-13-24)28(36-21-25-14-7-3-8-15-25)29(37-22-26-16-9-4-10-17-26)30(38-23)34-19-11-18-32-33-31/h2-10,12-17,23,27-30H,11,18-22H2,1H3/t23-,27+,28+,29-,30+/m0/s1. The minimum absolute atomic E-state index is 0.307. The molecule has 0 bridgehead atoms. The largest absolute Gasteiger partial charge is 0.368 e. The van der Waals surface area contributed by atoms with Crippen LogP contribution in [0.25, 0.3) is 10.4 Å². The quantitative estimate of drug-likeness (QED) is 0.110. The molecule has 8 nitrogen and oxygen atoms in total. The van der Waals surface area contributed by atoms with E-state index in [1.54, 1.807) is 0 Å². The van der Waals surface area contributed by atoms with Gasteiger partial charge in [-0.25, -0.2) is 0 Å². The molecule has 1 saturated heterocycles. The fourth-order valence-corrected chi connectivity index (χ4v) is 4.38. The monoisotopic (exact) mass is 517 g/mol. The summed E-state index contributed by atoms with van der Waals surface area (Å²) in [4.78, 5) is 2.81. The SMILES string of the molecule is C[C@@H]1O[C@@H](OCCCN=[N+]=[N-])[C@@H](OCc2ccccc2)[C@H](OCc2ccccc2)[C@@H]1OCc1ccccc1. The molecule has 3 aromatic rings. The summed E-state index contributed by atoms with van der Waals surface area (Å²) in [6, 6.07) is 30.1. The zero-order valence-electron chi connectivity index (χ0n) is 21.7. The van der Waals surface area contributed by atoms with E-state index in [0.29, 0.717) is 39.4 Å². The zero-order valence-corrected chi connectivity index (χ0v) is 21.7. The molecule has 0 amide bonds. The van der Waals surface area contributed by atoms with E-state index in [1.165, 1.54) is 0 Å². The third-order valence-electron chi connectivity index (χ3n) is 6.33. The maximum Gasteiger partial charge on any atom is 0.186 e. The summed E-state index contributed by atoms with van der Waals surface area (Å²) < 4.78 is 31.9. The molecule has 0 unspecified atom stereocenters. The number of hydrogen-bond donors (Lipinski definition) is 0. The first-order chi connectivity index (χ1) is 18.7. The summed E-state index contributed by atoms with van der Waals surface area (Å²) in [5.41, 5.74) is 11.7. The van der Waals surface area contributed by atoms with Crippen molar-refractivity contribution >= 4 is 0 Å². The van der Waals surface area contributed by atoms with Crippen LogP contribution in [0.15, 0.2) is 96.1 Å². The van der Waals surface area contributed by atoms with Crippen LogP contribution in [0.1, 0.15) is 30.0 Å². The maximum absolute atomic E-state index is 8.56. The summed E-state index contributed by atoms with van der Waals surface area (Å²) in [6.45, 7) is 3.88. The molecular weight excluding hydrogens is 482 g/mol. The van der Waals surface area contributed by atoms with Crippen molar-refractivity contribution in [3.05, 3.63) is 118 Å². The van der Waals surface area contributed by atoms with E-state index in [0.717, 1.165) is 16.7 Å². The third-order valence-corrected chi connectivity index (χ3v) is 6.33. The molecule has 8 heteroatoms. The number of azide groups is 1. The Morgan fingerprint density at radius 1 is 0.684 bits per heavy atom. The minimum Gasteiger partial charge on any atom is -0.368 e. The number of nitrogens with zero attached hydrogens (tertiary/aromatic N) is 3. The van der Waals surface area contributed by atoms with Crippen LogP contribution in [0, 0.1) is 0 Å². The van der Waals surface area contributed by atoms with Crippen molar-refractivity contribution in [2.75, 3.05) is 13.2 Å². The Morgan fingerprint density at radius 2 is 1.16 bits per heavy atom. The Balaban J connectivity index is 1.54. The first-order valence-electron chi connectivity index (χ1n) is 13.0. The van der Waals surface area contributed by atoms with E-state index in [2.05, 4.69) is 10.0 Å². The molecule has 0 radical (unpaired) electrons. The summed E-state index contributed by atoms with van der Waals surface area (Å²) in [7, 11) is 0. The number of benzene rings is 3. The molecular formula is C30H35N3O5. The molecule has 0 spiro atoms. The van der Waals surface area contributed by atoms with Crippen molar-refractivity contribution in [2.24, 2.45) is 5.11 Å². The average Bonchev–Trinajstić information content (AvgIpc) is 2.96. The second kappa shape index (κ2) is 15.2. The van der Waals surface area contributed by atoms with Crippen molar-refractivity contribution in [3.8, 4) is 0 Å². The summed E-state index contributed by atoms with van der Waals surface area (Å²) in [5.74, 6) is 0. The van der Waals surface area contributed by atoms with Gasteiger partial charge in [0.05, 0.1) is 25.9 Å². The van der Waals surface area contributed by atoms with Crippen LogP contribution in [0.2, 0.25) is 0 Å². The molecule has 5 atom stereocenters. The first-order valence-corrected chi connectivity index (χ1v) is 13.0. The van der Waals surface area contributed by atoms with Crippen LogP contribution in [-0.2, 0) is 43.5 Å². The van der Waals surface area contributed by atoms with Crippen LogP contribution in [-0.4, -0.2) is 43.9 Å². The van der Waals surface area contributed by atoms with Gasteiger partial charge >= 0.3 is 0 Å². The van der Waals surface area contributed by atoms with E-state index in [1.807, 2.05) is 97.9 Å². The normalized spacial score (nSPS) is 23.0. The molecule has 38 heavy (non-hydrogen) atoms. The van der Waals surface area contributed by atoms with Crippen molar-refractivity contribution in [1.82, 2.24) is 0 Å². The zero-order chi connectivity index (χ0) is 26.4. The lowest BCUT2D eigenvalue weighted by Crippen LogP contribution is -2.60. The topological polar surface area (TPSA) is 94.9 Å². The van der Waals surface area contributed by atoms with Gasteiger partial charge in [-0.15, -0.1) is 0 Å². The highest BCUT2D eigenvalue weighted by atomic mass is 16.7. The Labute approximate surface area is 224 Å². The van der Waals surface area contributed by atoms with Gasteiger partial charge in [-0.3, -0.25) is 0 Å². The average molecular weight is 518 g/mol. The van der Waals surface area contributed by atoms with Crippen LogP contribution < -0.4 is 0 Å².